The molecule has 6 heteroatoms. The zero-order valence-electron chi connectivity index (χ0n) is 12.6. The normalized spacial score (nSPS) is 11.2. The van der Waals surface area contributed by atoms with Gasteiger partial charge in [0.2, 0.25) is 11.8 Å². The van der Waals surface area contributed by atoms with Gasteiger partial charge in [-0.15, -0.1) is 0 Å². The third-order valence-corrected chi connectivity index (χ3v) is 3.14. The van der Waals surface area contributed by atoms with Crippen LogP contribution in [0.5, 0.6) is 5.88 Å². The van der Waals surface area contributed by atoms with E-state index in [2.05, 4.69) is 29.1 Å². The van der Waals surface area contributed by atoms with Crippen LogP contribution in [0, 0.1) is 12.3 Å². The Kier molecular flexibility index (Phi) is 5.73. The van der Waals surface area contributed by atoms with E-state index in [0.29, 0.717) is 24.8 Å². The van der Waals surface area contributed by atoms with E-state index < -0.39 is 5.97 Å². The summed E-state index contributed by atoms with van der Waals surface area (Å²) in [5.74, 6) is 0.318. The molecule has 20 heavy (non-hydrogen) atoms. The van der Waals surface area contributed by atoms with E-state index in [0.717, 1.165) is 12.1 Å². The summed E-state index contributed by atoms with van der Waals surface area (Å²) in [6, 6.07) is 1.77. The molecule has 1 heterocycles. The van der Waals surface area contributed by atoms with Gasteiger partial charge in [0.25, 0.3) is 0 Å². The molecular weight excluding hydrogens is 258 g/mol. The van der Waals surface area contributed by atoms with Gasteiger partial charge in [-0.3, -0.25) is 4.79 Å². The van der Waals surface area contributed by atoms with Gasteiger partial charge in [0.15, 0.2) is 0 Å². The second-order valence-electron chi connectivity index (χ2n) is 5.61. The zero-order chi connectivity index (χ0) is 15.2. The van der Waals surface area contributed by atoms with Gasteiger partial charge in [0.1, 0.15) is 0 Å². The topological polar surface area (TPSA) is 84.3 Å². The Bertz CT molecular complexity index is 461. The minimum absolute atomic E-state index is 0.0285. The molecule has 0 saturated heterocycles. The van der Waals surface area contributed by atoms with E-state index in [4.69, 9.17) is 9.84 Å². The SMILES string of the molecule is COc1cc(C)nc(NCCC(C)(C)CCC(=O)O)n1. The fourth-order valence-electron chi connectivity index (χ4n) is 1.81. The van der Waals surface area contributed by atoms with Crippen molar-refractivity contribution in [2.45, 2.75) is 40.0 Å². The van der Waals surface area contributed by atoms with Gasteiger partial charge >= 0.3 is 5.97 Å². The molecule has 0 bridgehead atoms. The number of nitrogens with one attached hydrogen (secondary N) is 1. The third kappa shape index (κ3) is 5.86. The van der Waals surface area contributed by atoms with Crippen molar-refractivity contribution < 1.29 is 14.6 Å². The van der Waals surface area contributed by atoms with Gasteiger partial charge in [-0.2, -0.15) is 4.98 Å². The third-order valence-electron chi connectivity index (χ3n) is 3.14. The number of hydrogen-bond donors (Lipinski definition) is 2. The van der Waals surface area contributed by atoms with E-state index in [1.165, 1.54) is 0 Å². The molecule has 0 amide bonds. The smallest absolute Gasteiger partial charge is 0.303 e. The Morgan fingerprint density at radius 3 is 2.70 bits per heavy atom. The molecule has 0 radical (unpaired) electrons. The Morgan fingerprint density at radius 1 is 1.40 bits per heavy atom. The maximum absolute atomic E-state index is 10.6. The first-order valence-corrected chi connectivity index (χ1v) is 6.68. The second kappa shape index (κ2) is 7.07. The fraction of sp³-hybridized carbons (Fsp3) is 0.643. The summed E-state index contributed by atoms with van der Waals surface area (Å²) in [7, 11) is 1.57. The van der Waals surface area contributed by atoms with Crippen LogP contribution in [-0.2, 0) is 4.79 Å². The lowest BCUT2D eigenvalue weighted by Gasteiger charge is -2.23. The Morgan fingerprint density at radius 2 is 2.10 bits per heavy atom. The summed E-state index contributed by atoms with van der Waals surface area (Å²) in [6.07, 6.45) is 1.70. The summed E-state index contributed by atoms with van der Waals surface area (Å²) in [4.78, 5) is 19.1. The van der Waals surface area contributed by atoms with Crippen molar-refractivity contribution in [1.29, 1.82) is 0 Å². The number of aromatic nitrogens is 2. The van der Waals surface area contributed by atoms with Crippen molar-refractivity contribution >= 4 is 11.9 Å². The summed E-state index contributed by atoms with van der Waals surface area (Å²) >= 11 is 0. The highest BCUT2D eigenvalue weighted by atomic mass is 16.5. The lowest BCUT2D eigenvalue weighted by Crippen LogP contribution is -2.19. The van der Waals surface area contributed by atoms with Crippen LogP contribution in [0.1, 0.15) is 38.8 Å². The number of carboxylic acid groups (broad SMARTS) is 1. The summed E-state index contributed by atoms with van der Waals surface area (Å²) < 4.78 is 5.09. The zero-order valence-corrected chi connectivity index (χ0v) is 12.6. The Labute approximate surface area is 119 Å². The van der Waals surface area contributed by atoms with Crippen LogP contribution in [0.2, 0.25) is 0 Å². The number of methoxy groups -OCH3 is 1. The number of rotatable bonds is 8. The van der Waals surface area contributed by atoms with Gasteiger partial charge in [0, 0.05) is 24.7 Å². The van der Waals surface area contributed by atoms with Gasteiger partial charge < -0.3 is 15.2 Å². The molecule has 1 aromatic heterocycles. The molecule has 0 aliphatic carbocycles. The predicted octanol–water partition coefficient (Wildman–Crippen LogP) is 2.49. The number of hydrogen-bond acceptors (Lipinski definition) is 5. The van der Waals surface area contributed by atoms with E-state index in [-0.39, 0.29) is 11.8 Å². The summed E-state index contributed by atoms with van der Waals surface area (Å²) in [5, 5.41) is 11.9. The van der Waals surface area contributed by atoms with Crippen molar-refractivity contribution in [2.75, 3.05) is 19.0 Å². The van der Waals surface area contributed by atoms with Gasteiger partial charge in [-0.1, -0.05) is 13.8 Å². The number of anilines is 1. The quantitative estimate of drug-likeness (QED) is 0.761. The van der Waals surface area contributed by atoms with Crippen LogP contribution >= 0.6 is 0 Å². The van der Waals surface area contributed by atoms with E-state index in [1.54, 1.807) is 13.2 Å². The maximum atomic E-state index is 10.6. The van der Waals surface area contributed by atoms with Crippen molar-refractivity contribution in [3.63, 3.8) is 0 Å². The van der Waals surface area contributed by atoms with Crippen LogP contribution in [0.25, 0.3) is 0 Å². The molecule has 2 N–H and O–H groups in total. The summed E-state index contributed by atoms with van der Waals surface area (Å²) in [6.45, 7) is 6.70. The number of ether oxygens (including phenoxy) is 1. The van der Waals surface area contributed by atoms with E-state index in [9.17, 15) is 4.79 Å². The Balaban J connectivity index is 2.47. The highest BCUT2D eigenvalue weighted by Gasteiger charge is 2.18. The van der Waals surface area contributed by atoms with Crippen molar-refractivity contribution in [1.82, 2.24) is 9.97 Å². The minimum atomic E-state index is -0.752. The standard InChI is InChI=1S/C14H23N3O3/c1-10-9-11(20-4)17-13(16-10)15-8-7-14(2,3)6-5-12(18)19/h9H,5-8H2,1-4H3,(H,18,19)(H,15,16,17). The first kappa shape index (κ1) is 16.2. The number of carboxylic acids is 1. The molecule has 0 aliphatic rings. The van der Waals surface area contributed by atoms with Crippen molar-refractivity contribution in [2.24, 2.45) is 5.41 Å². The molecular formula is C14H23N3O3. The van der Waals surface area contributed by atoms with Gasteiger partial charge in [0.05, 0.1) is 7.11 Å². The molecule has 0 spiro atoms. The molecule has 112 valence electrons. The molecule has 0 aromatic carbocycles. The molecule has 1 aromatic rings. The van der Waals surface area contributed by atoms with Crippen LogP contribution in [-0.4, -0.2) is 34.7 Å². The summed E-state index contributed by atoms with van der Waals surface area (Å²) in [5.41, 5.74) is 0.809. The molecule has 0 saturated carbocycles. The molecule has 1 rings (SSSR count). The van der Waals surface area contributed by atoms with Crippen LogP contribution < -0.4 is 10.1 Å². The first-order chi connectivity index (χ1) is 9.32. The fourth-order valence-corrected chi connectivity index (χ4v) is 1.81. The first-order valence-electron chi connectivity index (χ1n) is 6.68. The molecule has 6 nitrogen and oxygen atoms in total. The second-order valence-corrected chi connectivity index (χ2v) is 5.61. The number of aliphatic carboxylic acids is 1. The maximum Gasteiger partial charge on any atom is 0.303 e. The van der Waals surface area contributed by atoms with E-state index in [1.807, 2.05) is 6.92 Å². The van der Waals surface area contributed by atoms with Crippen molar-refractivity contribution in [3.8, 4) is 5.88 Å². The monoisotopic (exact) mass is 281 g/mol. The lowest BCUT2D eigenvalue weighted by molar-refractivity contribution is -0.137. The highest BCUT2D eigenvalue weighted by molar-refractivity contribution is 5.66. The average Bonchev–Trinajstić information content (AvgIpc) is 2.35. The van der Waals surface area contributed by atoms with Gasteiger partial charge in [-0.05, 0) is 25.2 Å². The minimum Gasteiger partial charge on any atom is -0.481 e. The Hall–Kier alpha value is -1.85. The largest absolute Gasteiger partial charge is 0.481 e. The average molecular weight is 281 g/mol. The molecule has 0 atom stereocenters. The molecule has 0 aliphatic heterocycles. The number of nitrogens with zero attached hydrogens (tertiary/aromatic N) is 2. The molecule has 0 fully saturated rings. The van der Waals surface area contributed by atoms with Crippen molar-refractivity contribution in [3.05, 3.63) is 11.8 Å². The predicted molar refractivity (Wildman–Crippen MR) is 77.1 cm³/mol. The van der Waals surface area contributed by atoms with Crippen LogP contribution in [0.4, 0.5) is 5.95 Å². The lowest BCUT2D eigenvalue weighted by atomic mass is 9.84. The highest BCUT2D eigenvalue weighted by Crippen LogP contribution is 2.26. The van der Waals surface area contributed by atoms with Gasteiger partial charge in [-0.25, -0.2) is 4.98 Å². The van der Waals surface area contributed by atoms with Crippen LogP contribution in [0.3, 0.4) is 0 Å². The van der Waals surface area contributed by atoms with Crippen LogP contribution in [0.15, 0.2) is 6.07 Å². The number of aryl methyl sites for hydroxylation is 1. The molecule has 0 unspecified atom stereocenters. The van der Waals surface area contributed by atoms with E-state index >= 15 is 0 Å². The number of carbonyl (C=O) groups is 1.